The fourth-order valence-corrected chi connectivity index (χ4v) is 7.11. The number of rotatable bonds is 5. The maximum absolute atomic E-state index is 13.5. The molecule has 3 aromatic rings. The van der Waals surface area contributed by atoms with Crippen LogP contribution in [-0.4, -0.2) is 41.9 Å². The van der Waals surface area contributed by atoms with E-state index in [0.717, 1.165) is 34.4 Å². The van der Waals surface area contributed by atoms with Crippen molar-refractivity contribution in [3.05, 3.63) is 68.9 Å². The zero-order chi connectivity index (χ0) is 23.8. The van der Waals surface area contributed by atoms with Gasteiger partial charge in [0.2, 0.25) is 15.0 Å². The fourth-order valence-electron chi connectivity index (χ4n) is 4.31. The van der Waals surface area contributed by atoms with Crippen molar-refractivity contribution < 1.29 is 17.6 Å². The van der Waals surface area contributed by atoms with E-state index in [1.807, 2.05) is 32.9 Å². The van der Waals surface area contributed by atoms with Gasteiger partial charge in [0.15, 0.2) is 0 Å². The van der Waals surface area contributed by atoms with E-state index in [4.69, 9.17) is 0 Å². The van der Waals surface area contributed by atoms with Crippen LogP contribution in [0.2, 0.25) is 0 Å². The van der Waals surface area contributed by atoms with Gasteiger partial charge < -0.3 is 5.32 Å². The van der Waals surface area contributed by atoms with Crippen molar-refractivity contribution in [1.29, 1.82) is 0 Å². The standard InChI is InChI=1S/C23H25FN4O3S2/c1-14-10-15(2)20(16(3)11-14)33(30,31)28-9-5-6-17(13-28)22-26-27-23(32-22)21(29)25-19-8-4-7-18(24)12-19/h4,7-8,10-12,17H,5-6,9,13H2,1-3H3,(H,25,29)/t17-/m0/s1. The minimum Gasteiger partial charge on any atom is -0.320 e. The first-order valence-electron chi connectivity index (χ1n) is 10.6. The first kappa shape index (κ1) is 23.5. The smallest absolute Gasteiger partial charge is 0.286 e. The first-order chi connectivity index (χ1) is 15.6. The molecule has 0 saturated carbocycles. The largest absolute Gasteiger partial charge is 0.320 e. The Balaban J connectivity index is 1.51. The number of hydrogen-bond donors (Lipinski definition) is 1. The number of halogens is 1. The van der Waals surface area contributed by atoms with Crippen LogP contribution in [0.25, 0.3) is 0 Å². The van der Waals surface area contributed by atoms with Gasteiger partial charge in [-0.25, -0.2) is 12.8 Å². The van der Waals surface area contributed by atoms with Crippen LogP contribution in [0.15, 0.2) is 41.3 Å². The number of aromatic nitrogens is 2. The highest BCUT2D eigenvalue weighted by Crippen LogP contribution is 2.34. The number of nitrogens with zero attached hydrogens (tertiary/aromatic N) is 3. The number of anilines is 1. The molecule has 1 amide bonds. The quantitative estimate of drug-likeness (QED) is 0.574. The Bertz CT molecular complexity index is 1280. The molecule has 1 N–H and O–H groups in total. The second-order valence-corrected chi connectivity index (χ2v) is 11.2. The van der Waals surface area contributed by atoms with Crippen LogP contribution in [0.1, 0.15) is 50.3 Å². The van der Waals surface area contributed by atoms with Crippen molar-refractivity contribution in [2.24, 2.45) is 0 Å². The van der Waals surface area contributed by atoms with Gasteiger partial charge in [-0.3, -0.25) is 4.79 Å². The summed E-state index contributed by atoms with van der Waals surface area (Å²) in [4.78, 5) is 12.9. The molecule has 1 aliphatic heterocycles. The highest BCUT2D eigenvalue weighted by atomic mass is 32.2. The lowest BCUT2D eigenvalue weighted by Gasteiger charge is -2.31. The summed E-state index contributed by atoms with van der Waals surface area (Å²) < 4.78 is 41.8. The van der Waals surface area contributed by atoms with Crippen LogP contribution in [0.5, 0.6) is 0 Å². The molecule has 1 saturated heterocycles. The molecule has 2 aromatic carbocycles. The van der Waals surface area contributed by atoms with E-state index < -0.39 is 21.7 Å². The molecule has 1 aliphatic rings. The number of aryl methyl sites for hydroxylation is 3. The molecule has 0 spiro atoms. The molecule has 10 heteroatoms. The maximum Gasteiger partial charge on any atom is 0.286 e. The lowest BCUT2D eigenvalue weighted by atomic mass is 10.0. The average Bonchev–Trinajstić information content (AvgIpc) is 3.23. The van der Waals surface area contributed by atoms with Crippen LogP contribution >= 0.6 is 11.3 Å². The van der Waals surface area contributed by atoms with Crippen molar-refractivity contribution in [2.75, 3.05) is 18.4 Å². The monoisotopic (exact) mass is 488 g/mol. The molecule has 0 bridgehead atoms. The SMILES string of the molecule is Cc1cc(C)c(S(=O)(=O)N2CCC[C@H](c3nnc(C(=O)Nc4cccc(F)c4)s3)C2)c(C)c1. The number of hydrogen-bond acceptors (Lipinski definition) is 6. The molecule has 33 heavy (non-hydrogen) atoms. The third-order valence-electron chi connectivity index (χ3n) is 5.65. The van der Waals surface area contributed by atoms with Crippen LogP contribution in [-0.2, 0) is 10.0 Å². The van der Waals surface area contributed by atoms with E-state index in [2.05, 4.69) is 15.5 Å². The topological polar surface area (TPSA) is 92.3 Å². The van der Waals surface area contributed by atoms with Crippen LogP contribution < -0.4 is 5.32 Å². The number of amides is 1. The van der Waals surface area contributed by atoms with Gasteiger partial charge in [0.05, 0.1) is 4.90 Å². The number of piperidine rings is 1. The van der Waals surface area contributed by atoms with Crippen molar-refractivity contribution in [2.45, 2.75) is 44.4 Å². The third-order valence-corrected chi connectivity index (χ3v) is 8.91. The van der Waals surface area contributed by atoms with Gasteiger partial charge in [0.1, 0.15) is 10.8 Å². The minimum atomic E-state index is -3.66. The molecule has 1 atom stereocenters. The summed E-state index contributed by atoms with van der Waals surface area (Å²) in [6, 6.07) is 9.37. The van der Waals surface area contributed by atoms with E-state index in [9.17, 15) is 17.6 Å². The molecule has 1 fully saturated rings. The van der Waals surface area contributed by atoms with E-state index in [1.54, 1.807) is 6.07 Å². The average molecular weight is 489 g/mol. The Morgan fingerprint density at radius 3 is 2.58 bits per heavy atom. The second-order valence-electron chi connectivity index (χ2n) is 8.34. The Kier molecular flexibility index (Phi) is 6.60. The van der Waals surface area contributed by atoms with Crippen LogP contribution in [0.3, 0.4) is 0 Å². The zero-order valence-electron chi connectivity index (χ0n) is 18.6. The van der Waals surface area contributed by atoms with Crippen molar-refractivity contribution in [3.63, 3.8) is 0 Å². The molecule has 4 rings (SSSR count). The summed E-state index contributed by atoms with van der Waals surface area (Å²) in [7, 11) is -3.66. The van der Waals surface area contributed by atoms with Gasteiger partial charge in [-0.15, -0.1) is 10.2 Å². The summed E-state index contributed by atoms with van der Waals surface area (Å²) in [6.07, 6.45) is 1.45. The first-order valence-corrected chi connectivity index (χ1v) is 12.9. The predicted molar refractivity (Wildman–Crippen MR) is 126 cm³/mol. The summed E-state index contributed by atoms with van der Waals surface area (Å²) in [5, 5.41) is 11.5. The summed E-state index contributed by atoms with van der Waals surface area (Å²) in [5.41, 5.74) is 2.83. The van der Waals surface area contributed by atoms with Gasteiger partial charge in [-0.2, -0.15) is 4.31 Å². The minimum absolute atomic E-state index is 0.146. The molecule has 0 unspecified atom stereocenters. The third kappa shape index (κ3) is 4.97. The fraction of sp³-hybridized carbons (Fsp3) is 0.348. The molecule has 2 heterocycles. The summed E-state index contributed by atoms with van der Waals surface area (Å²) >= 11 is 1.14. The summed E-state index contributed by atoms with van der Waals surface area (Å²) in [6.45, 7) is 6.32. The Hall–Kier alpha value is -2.69. The van der Waals surface area contributed by atoms with Crippen molar-refractivity contribution in [1.82, 2.24) is 14.5 Å². The van der Waals surface area contributed by atoms with Crippen molar-refractivity contribution >= 4 is 33.0 Å². The van der Waals surface area contributed by atoms with E-state index in [-0.39, 0.29) is 17.5 Å². The van der Waals surface area contributed by atoms with E-state index >= 15 is 0 Å². The molecule has 0 radical (unpaired) electrons. The number of carbonyl (C=O) groups is 1. The van der Waals surface area contributed by atoms with Crippen LogP contribution in [0, 0.1) is 26.6 Å². The molecule has 1 aromatic heterocycles. The second kappa shape index (κ2) is 9.28. The number of carbonyl (C=O) groups excluding carboxylic acids is 1. The molecule has 7 nitrogen and oxygen atoms in total. The lowest BCUT2D eigenvalue weighted by Crippen LogP contribution is -2.39. The molecule has 0 aliphatic carbocycles. The predicted octanol–water partition coefficient (Wildman–Crippen LogP) is 4.42. The van der Waals surface area contributed by atoms with Gasteiger partial charge in [0, 0.05) is 24.7 Å². The maximum atomic E-state index is 13.5. The molecular formula is C23H25FN4O3S2. The number of sulfonamides is 1. The lowest BCUT2D eigenvalue weighted by molar-refractivity contribution is 0.102. The van der Waals surface area contributed by atoms with Crippen LogP contribution in [0.4, 0.5) is 10.1 Å². The highest BCUT2D eigenvalue weighted by molar-refractivity contribution is 7.89. The number of nitrogens with one attached hydrogen (secondary N) is 1. The van der Waals surface area contributed by atoms with Gasteiger partial charge in [-0.1, -0.05) is 35.1 Å². The van der Waals surface area contributed by atoms with Gasteiger partial charge >= 0.3 is 0 Å². The Morgan fingerprint density at radius 2 is 1.88 bits per heavy atom. The molecular weight excluding hydrogens is 463 g/mol. The molecule has 174 valence electrons. The Labute approximate surface area is 196 Å². The van der Waals surface area contributed by atoms with Gasteiger partial charge in [-0.05, 0) is 62.9 Å². The zero-order valence-corrected chi connectivity index (χ0v) is 20.3. The normalized spacial score (nSPS) is 17.2. The van der Waals surface area contributed by atoms with E-state index in [0.29, 0.717) is 28.6 Å². The number of benzene rings is 2. The van der Waals surface area contributed by atoms with Crippen molar-refractivity contribution in [3.8, 4) is 0 Å². The van der Waals surface area contributed by atoms with Gasteiger partial charge in [0.25, 0.3) is 5.91 Å². The Morgan fingerprint density at radius 1 is 1.15 bits per heavy atom. The summed E-state index contributed by atoms with van der Waals surface area (Å²) in [5.74, 6) is -1.07. The van der Waals surface area contributed by atoms with E-state index in [1.165, 1.54) is 22.5 Å². The highest BCUT2D eigenvalue weighted by Gasteiger charge is 2.34.